The molecule has 1 aromatic rings. The number of aliphatic hydroxyl groups excluding tert-OH is 1. The third-order valence-electron chi connectivity index (χ3n) is 2.60. The van der Waals surface area contributed by atoms with Gasteiger partial charge in [0.1, 0.15) is 5.75 Å². The van der Waals surface area contributed by atoms with E-state index in [-0.39, 0.29) is 12.4 Å². The Balaban J connectivity index is 2.31. The molecule has 0 aliphatic carbocycles. The molecule has 19 heavy (non-hydrogen) atoms. The number of para-hydroxylation sites is 1. The summed E-state index contributed by atoms with van der Waals surface area (Å²) in [5, 5.41) is 12.7. The van der Waals surface area contributed by atoms with Gasteiger partial charge in [-0.05, 0) is 13.0 Å². The van der Waals surface area contributed by atoms with Crippen LogP contribution in [0.2, 0.25) is 0 Å². The first-order chi connectivity index (χ1) is 9.17. The summed E-state index contributed by atoms with van der Waals surface area (Å²) >= 11 is 0. The second-order valence-electron chi connectivity index (χ2n) is 4.11. The second-order valence-corrected chi connectivity index (χ2v) is 4.11. The lowest BCUT2D eigenvalue weighted by Crippen LogP contribution is -2.29. The van der Waals surface area contributed by atoms with Crippen molar-refractivity contribution in [3.8, 4) is 5.75 Å². The van der Waals surface area contributed by atoms with Gasteiger partial charge in [0.15, 0.2) is 0 Å². The zero-order valence-electron chi connectivity index (χ0n) is 11.4. The van der Waals surface area contributed by atoms with Crippen LogP contribution >= 0.6 is 0 Å². The van der Waals surface area contributed by atoms with Gasteiger partial charge in [-0.3, -0.25) is 4.79 Å². The minimum Gasteiger partial charge on any atom is -0.496 e. The van der Waals surface area contributed by atoms with Crippen LogP contribution in [-0.2, 0) is 16.1 Å². The summed E-state index contributed by atoms with van der Waals surface area (Å²) in [5.41, 5.74) is 1.01. The molecule has 0 heterocycles. The molecule has 0 aromatic heterocycles. The van der Waals surface area contributed by atoms with Gasteiger partial charge in [-0.2, -0.15) is 0 Å². The Morgan fingerprint density at radius 1 is 1.42 bits per heavy atom. The normalized spacial score (nSPS) is 11.9. The lowest BCUT2D eigenvalue weighted by Gasteiger charge is -2.12. The van der Waals surface area contributed by atoms with Crippen molar-refractivity contribution in [3.05, 3.63) is 29.8 Å². The van der Waals surface area contributed by atoms with E-state index in [0.717, 1.165) is 11.3 Å². The van der Waals surface area contributed by atoms with Crippen LogP contribution in [0.3, 0.4) is 0 Å². The van der Waals surface area contributed by atoms with Crippen molar-refractivity contribution in [3.63, 3.8) is 0 Å². The van der Waals surface area contributed by atoms with Crippen LogP contribution in [0.15, 0.2) is 24.3 Å². The van der Waals surface area contributed by atoms with Crippen LogP contribution in [0.4, 0.5) is 0 Å². The second kappa shape index (κ2) is 8.50. The minimum atomic E-state index is -0.742. The summed E-state index contributed by atoms with van der Waals surface area (Å²) in [4.78, 5) is 11.2. The fraction of sp³-hybridized carbons (Fsp3) is 0.500. The molecule has 0 aliphatic rings. The summed E-state index contributed by atoms with van der Waals surface area (Å²) in [5.74, 6) is 0.420. The van der Waals surface area contributed by atoms with Crippen molar-refractivity contribution >= 4 is 5.97 Å². The summed E-state index contributed by atoms with van der Waals surface area (Å²) in [6, 6.07) is 7.65. The van der Waals surface area contributed by atoms with Gasteiger partial charge in [0, 0.05) is 18.7 Å². The predicted octanol–water partition coefficient (Wildman–Crippen LogP) is 1.10. The molecule has 1 atom stereocenters. The molecule has 1 unspecified atom stereocenters. The summed E-state index contributed by atoms with van der Waals surface area (Å²) in [6.45, 7) is 2.98. The van der Waals surface area contributed by atoms with Gasteiger partial charge in [0.05, 0.1) is 26.2 Å². The molecule has 5 heteroatoms. The minimum absolute atomic E-state index is 0.00671. The van der Waals surface area contributed by atoms with Gasteiger partial charge in [-0.1, -0.05) is 18.2 Å². The SMILES string of the molecule is CCOC(=O)CC(O)CNCc1ccccc1OC. The number of nitrogens with one attached hydrogen (secondary N) is 1. The van der Waals surface area contributed by atoms with Crippen molar-refractivity contribution in [1.82, 2.24) is 5.32 Å². The van der Waals surface area contributed by atoms with Crippen molar-refractivity contribution < 1.29 is 19.4 Å². The number of hydrogen-bond acceptors (Lipinski definition) is 5. The molecule has 0 bridgehead atoms. The fourth-order valence-corrected chi connectivity index (χ4v) is 1.71. The number of hydrogen-bond donors (Lipinski definition) is 2. The number of aliphatic hydroxyl groups is 1. The average Bonchev–Trinajstić information content (AvgIpc) is 2.39. The van der Waals surface area contributed by atoms with E-state index < -0.39 is 6.10 Å². The monoisotopic (exact) mass is 267 g/mol. The topological polar surface area (TPSA) is 67.8 Å². The number of esters is 1. The largest absolute Gasteiger partial charge is 0.496 e. The molecule has 0 saturated carbocycles. The zero-order chi connectivity index (χ0) is 14.1. The van der Waals surface area contributed by atoms with Crippen molar-refractivity contribution in [2.24, 2.45) is 0 Å². The molecule has 5 nitrogen and oxygen atoms in total. The van der Waals surface area contributed by atoms with E-state index >= 15 is 0 Å². The Hall–Kier alpha value is -1.59. The van der Waals surface area contributed by atoms with E-state index in [1.807, 2.05) is 24.3 Å². The van der Waals surface area contributed by atoms with E-state index in [1.54, 1.807) is 14.0 Å². The van der Waals surface area contributed by atoms with Crippen LogP contribution in [0.5, 0.6) is 5.75 Å². The molecule has 1 rings (SSSR count). The number of carbonyl (C=O) groups is 1. The third kappa shape index (κ3) is 5.72. The number of benzene rings is 1. The van der Waals surface area contributed by atoms with Crippen LogP contribution in [-0.4, -0.2) is 37.4 Å². The maximum absolute atomic E-state index is 11.2. The predicted molar refractivity (Wildman–Crippen MR) is 72.0 cm³/mol. The lowest BCUT2D eigenvalue weighted by molar-refractivity contribution is -0.145. The van der Waals surface area contributed by atoms with E-state index in [2.05, 4.69) is 5.32 Å². The standard InChI is InChI=1S/C14H21NO4/c1-3-19-14(17)8-12(16)10-15-9-11-6-4-5-7-13(11)18-2/h4-7,12,15-16H,3,8-10H2,1-2H3. The molecule has 0 saturated heterocycles. The number of methoxy groups -OCH3 is 1. The molecule has 2 N–H and O–H groups in total. The van der Waals surface area contributed by atoms with Crippen LogP contribution in [0, 0.1) is 0 Å². The van der Waals surface area contributed by atoms with E-state index in [0.29, 0.717) is 19.7 Å². The highest BCUT2D eigenvalue weighted by Crippen LogP contribution is 2.16. The van der Waals surface area contributed by atoms with Gasteiger partial charge in [0.25, 0.3) is 0 Å². The summed E-state index contributed by atoms with van der Waals surface area (Å²) in [6.07, 6.45) is -0.735. The van der Waals surface area contributed by atoms with Gasteiger partial charge in [-0.25, -0.2) is 0 Å². The zero-order valence-corrected chi connectivity index (χ0v) is 11.4. The lowest BCUT2D eigenvalue weighted by atomic mass is 10.2. The van der Waals surface area contributed by atoms with E-state index in [9.17, 15) is 9.90 Å². The number of rotatable bonds is 8. The maximum Gasteiger partial charge on any atom is 0.308 e. The van der Waals surface area contributed by atoms with Crippen LogP contribution in [0.25, 0.3) is 0 Å². The van der Waals surface area contributed by atoms with Crippen LogP contribution < -0.4 is 10.1 Å². The molecule has 106 valence electrons. The molecular weight excluding hydrogens is 246 g/mol. The first kappa shape index (κ1) is 15.5. The van der Waals surface area contributed by atoms with Gasteiger partial charge >= 0.3 is 5.97 Å². The number of carbonyl (C=O) groups excluding carboxylic acids is 1. The molecular formula is C14H21NO4. The van der Waals surface area contributed by atoms with Crippen LogP contribution in [0.1, 0.15) is 18.9 Å². The van der Waals surface area contributed by atoms with Gasteiger partial charge in [0.2, 0.25) is 0 Å². The van der Waals surface area contributed by atoms with Crippen molar-refractivity contribution in [2.45, 2.75) is 26.0 Å². The highest BCUT2D eigenvalue weighted by molar-refractivity contribution is 5.69. The van der Waals surface area contributed by atoms with Crippen molar-refractivity contribution in [1.29, 1.82) is 0 Å². The quantitative estimate of drug-likeness (QED) is 0.690. The van der Waals surface area contributed by atoms with E-state index in [1.165, 1.54) is 0 Å². The Bertz CT molecular complexity index is 395. The highest BCUT2D eigenvalue weighted by atomic mass is 16.5. The molecule has 0 aliphatic heterocycles. The Labute approximate surface area is 113 Å². The fourth-order valence-electron chi connectivity index (χ4n) is 1.71. The third-order valence-corrected chi connectivity index (χ3v) is 2.60. The molecule has 0 radical (unpaired) electrons. The van der Waals surface area contributed by atoms with Crippen molar-refractivity contribution in [2.75, 3.05) is 20.3 Å². The Morgan fingerprint density at radius 2 is 2.16 bits per heavy atom. The first-order valence-electron chi connectivity index (χ1n) is 6.33. The Morgan fingerprint density at radius 3 is 2.84 bits per heavy atom. The highest BCUT2D eigenvalue weighted by Gasteiger charge is 2.11. The van der Waals surface area contributed by atoms with Gasteiger partial charge in [-0.15, -0.1) is 0 Å². The number of ether oxygens (including phenoxy) is 2. The van der Waals surface area contributed by atoms with Gasteiger partial charge < -0.3 is 19.9 Å². The first-order valence-corrected chi connectivity index (χ1v) is 6.33. The molecule has 0 amide bonds. The maximum atomic E-state index is 11.2. The Kier molecular flexibility index (Phi) is 6.92. The molecule has 0 fully saturated rings. The summed E-state index contributed by atoms with van der Waals surface area (Å²) in [7, 11) is 1.62. The summed E-state index contributed by atoms with van der Waals surface area (Å²) < 4.78 is 9.99. The average molecular weight is 267 g/mol. The molecule has 0 spiro atoms. The molecule has 1 aromatic carbocycles. The smallest absolute Gasteiger partial charge is 0.308 e. The van der Waals surface area contributed by atoms with E-state index in [4.69, 9.17) is 9.47 Å².